The summed E-state index contributed by atoms with van der Waals surface area (Å²) in [6, 6.07) is 7.44. The molecule has 0 bridgehead atoms. The summed E-state index contributed by atoms with van der Waals surface area (Å²) in [6.07, 6.45) is 2.30. The van der Waals surface area contributed by atoms with E-state index in [9.17, 15) is 13.6 Å². The van der Waals surface area contributed by atoms with E-state index in [0.717, 1.165) is 12.8 Å². The quantitative estimate of drug-likeness (QED) is 0.855. The molecular formula is C14H14F2N2O2. The Labute approximate surface area is 115 Å². The van der Waals surface area contributed by atoms with Gasteiger partial charge in [-0.3, -0.25) is 4.79 Å². The fraction of sp³-hybridized carbons (Fsp3) is 0.429. The van der Waals surface area contributed by atoms with Gasteiger partial charge in [-0.1, -0.05) is 12.1 Å². The third-order valence-electron chi connectivity index (χ3n) is 3.25. The lowest BCUT2D eigenvalue weighted by Crippen LogP contribution is -2.43. The van der Waals surface area contributed by atoms with Crippen molar-refractivity contribution in [1.29, 1.82) is 5.26 Å². The van der Waals surface area contributed by atoms with Crippen LogP contribution in [0.5, 0.6) is 5.75 Å². The largest absolute Gasteiger partial charge is 0.434 e. The van der Waals surface area contributed by atoms with Crippen molar-refractivity contribution in [3.8, 4) is 11.8 Å². The molecule has 0 N–H and O–H groups in total. The van der Waals surface area contributed by atoms with Gasteiger partial charge >= 0.3 is 6.61 Å². The number of likely N-dealkylation sites (tertiary alicyclic amines) is 1. The Bertz CT molecular complexity index is 528. The van der Waals surface area contributed by atoms with Crippen molar-refractivity contribution in [2.45, 2.75) is 31.9 Å². The lowest BCUT2D eigenvalue weighted by atomic mass is 10.0. The van der Waals surface area contributed by atoms with E-state index in [0.29, 0.717) is 13.0 Å². The molecule has 1 amide bonds. The molecule has 0 aliphatic carbocycles. The number of carbonyl (C=O) groups is 1. The van der Waals surface area contributed by atoms with E-state index < -0.39 is 18.6 Å². The molecule has 4 nitrogen and oxygen atoms in total. The number of hydrogen-bond acceptors (Lipinski definition) is 3. The Kier molecular flexibility index (Phi) is 4.51. The zero-order valence-electron chi connectivity index (χ0n) is 10.8. The third-order valence-corrected chi connectivity index (χ3v) is 3.25. The summed E-state index contributed by atoms with van der Waals surface area (Å²) in [6.45, 7) is -2.53. The molecule has 0 spiro atoms. The topological polar surface area (TPSA) is 53.3 Å². The van der Waals surface area contributed by atoms with Crippen LogP contribution < -0.4 is 4.74 Å². The predicted octanol–water partition coefficient (Wildman–Crippen LogP) is 2.81. The van der Waals surface area contributed by atoms with Crippen molar-refractivity contribution in [2.24, 2.45) is 0 Å². The van der Waals surface area contributed by atoms with Gasteiger partial charge in [-0.15, -0.1) is 0 Å². The maximum Gasteiger partial charge on any atom is 0.387 e. The number of benzene rings is 1. The van der Waals surface area contributed by atoms with Gasteiger partial charge in [0.15, 0.2) is 0 Å². The van der Waals surface area contributed by atoms with Crippen LogP contribution in [0.15, 0.2) is 24.3 Å². The number of rotatable bonds is 3. The van der Waals surface area contributed by atoms with E-state index in [1.54, 1.807) is 6.07 Å². The van der Waals surface area contributed by atoms with Crippen LogP contribution in [-0.4, -0.2) is 30.0 Å². The molecule has 1 atom stereocenters. The lowest BCUT2D eigenvalue weighted by Gasteiger charge is -2.31. The first-order valence-corrected chi connectivity index (χ1v) is 6.38. The number of nitrogens with zero attached hydrogens (tertiary/aromatic N) is 2. The predicted molar refractivity (Wildman–Crippen MR) is 67.4 cm³/mol. The number of para-hydroxylation sites is 1. The molecule has 1 aromatic carbocycles. The van der Waals surface area contributed by atoms with Crippen molar-refractivity contribution in [3.63, 3.8) is 0 Å². The Balaban J connectivity index is 2.26. The number of halogens is 2. The third kappa shape index (κ3) is 3.05. The van der Waals surface area contributed by atoms with E-state index in [2.05, 4.69) is 10.8 Å². The van der Waals surface area contributed by atoms with Gasteiger partial charge in [-0.05, 0) is 31.4 Å². The summed E-state index contributed by atoms with van der Waals surface area (Å²) in [4.78, 5) is 13.8. The number of nitriles is 1. The van der Waals surface area contributed by atoms with Gasteiger partial charge < -0.3 is 9.64 Å². The molecule has 2 rings (SSSR count). The highest BCUT2D eigenvalue weighted by atomic mass is 19.3. The number of carbonyl (C=O) groups excluding carboxylic acids is 1. The number of alkyl halides is 2. The zero-order chi connectivity index (χ0) is 14.5. The van der Waals surface area contributed by atoms with Gasteiger partial charge in [0.2, 0.25) is 0 Å². The molecule has 0 aromatic heterocycles. The molecule has 1 aliphatic heterocycles. The van der Waals surface area contributed by atoms with E-state index in [-0.39, 0.29) is 11.3 Å². The minimum absolute atomic E-state index is 0.0648. The summed E-state index contributed by atoms with van der Waals surface area (Å²) in [5.41, 5.74) is 0.0648. The molecule has 6 heteroatoms. The number of amides is 1. The maximum absolute atomic E-state index is 12.4. The van der Waals surface area contributed by atoms with E-state index in [1.165, 1.54) is 23.1 Å². The fourth-order valence-corrected chi connectivity index (χ4v) is 2.31. The van der Waals surface area contributed by atoms with Crippen LogP contribution in [0.2, 0.25) is 0 Å². The molecule has 20 heavy (non-hydrogen) atoms. The molecule has 1 fully saturated rings. The zero-order valence-corrected chi connectivity index (χ0v) is 10.8. The van der Waals surface area contributed by atoms with Gasteiger partial charge in [0.1, 0.15) is 11.8 Å². The van der Waals surface area contributed by atoms with Crippen LogP contribution >= 0.6 is 0 Å². The summed E-state index contributed by atoms with van der Waals surface area (Å²) in [5.74, 6) is -0.595. The highest BCUT2D eigenvalue weighted by Gasteiger charge is 2.29. The molecule has 1 aliphatic rings. The van der Waals surface area contributed by atoms with Gasteiger partial charge in [-0.25, -0.2) is 0 Å². The van der Waals surface area contributed by atoms with Gasteiger partial charge in [0.05, 0.1) is 11.6 Å². The van der Waals surface area contributed by atoms with Crippen LogP contribution in [0.25, 0.3) is 0 Å². The van der Waals surface area contributed by atoms with E-state index in [1.807, 2.05) is 0 Å². The molecule has 1 heterocycles. The van der Waals surface area contributed by atoms with Crippen LogP contribution in [0.4, 0.5) is 8.78 Å². The normalized spacial score (nSPS) is 18.7. The van der Waals surface area contributed by atoms with Crippen molar-refractivity contribution in [1.82, 2.24) is 4.90 Å². The molecule has 1 saturated heterocycles. The van der Waals surface area contributed by atoms with Crippen LogP contribution in [0.1, 0.15) is 29.6 Å². The fourth-order valence-electron chi connectivity index (χ4n) is 2.31. The average Bonchev–Trinajstić information content (AvgIpc) is 2.46. The average molecular weight is 280 g/mol. The first-order chi connectivity index (χ1) is 9.63. The standard InChI is InChI=1S/C14H14F2N2O2/c15-14(16)20-12-7-2-1-6-11(12)13(19)18-8-4-3-5-10(18)9-17/h1-2,6-7,10,14H,3-5,8H2. The molecule has 1 aromatic rings. The van der Waals surface area contributed by atoms with Crippen molar-refractivity contribution < 1.29 is 18.3 Å². The minimum Gasteiger partial charge on any atom is -0.434 e. The van der Waals surface area contributed by atoms with Crippen molar-refractivity contribution >= 4 is 5.91 Å². The summed E-state index contributed by atoms with van der Waals surface area (Å²) in [7, 11) is 0. The Morgan fingerprint density at radius 1 is 1.40 bits per heavy atom. The first kappa shape index (κ1) is 14.3. The molecule has 0 saturated carbocycles. The van der Waals surface area contributed by atoms with Crippen molar-refractivity contribution in [3.05, 3.63) is 29.8 Å². The molecule has 106 valence electrons. The monoisotopic (exact) mass is 280 g/mol. The first-order valence-electron chi connectivity index (χ1n) is 6.38. The van der Waals surface area contributed by atoms with Crippen LogP contribution in [-0.2, 0) is 0 Å². The minimum atomic E-state index is -2.99. The SMILES string of the molecule is N#CC1CCCCN1C(=O)c1ccccc1OC(F)F. The highest BCUT2D eigenvalue weighted by molar-refractivity contribution is 5.97. The lowest BCUT2D eigenvalue weighted by molar-refractivity contribution is -0.0503. The molecular weight excluding hydrogens is 266 g/mol. The smallest absolute Gasteiger partial charge is 0.387 e. The Hall–Kier alpha value is -2.16. The Morgan fingerprint density at radius 3 is 2.85 bits per heavy atom. The van der Waals surface area contributed by atoms with Gasteiger partial charge in [-0.2, -0.15) is 14.0 Å². The summed E-state index contributed by atoms with van der Waals surface area (Å²) < 4.78 is 29.1. The number of ether oxygens (including phenoxy) is 1. The van der Waals surface area contributed by atoms with Crippen LogP contribution in [0, 0.1) is 11.3 Å². The second kappa shape index (κ2) is 6.33. The number of hydrogen-bond donors (Lipinski definition) is 0. The van der Waals surface area contributed by atoms with E-state index >= 15 is 0 Å². The van der Waals surface area contributed by atoms with Crippen LogP contribution in [0.3, 0.4) is 0 Å². The summed E-state index contributed by atoms with van der Waals surface area (Å²) in [5, 5.41) is 9.08. The molecule has 0 radical (unpaired) electrons. The second-order valence-electron chi connectivity index (χ2n) is 4.51. The second-order valence-corrected chi connectivity index (χ2v) is 4.51. The van der Waals surface area contributed by atoms with Crippen molar-refractivity contribution in [2.75, 3.05) is 6.54 Å². The number of piperidine rings is 1. The molecule has 1 unspecified atom stereocenters. The highest BCUT2D eigenvalue weighted by Crippen LogP contribution is 2.25. The maximum atomic E-state index is 12.4. The summed E-state index contributed by atoms with van der Waals surface area (Å²) >= 11 is 0. The Morgan fingerprint density at radius 2 is 2.15 bits per heavy atom. The van der Waals surface area contributed by atoms with Gasteiger partial charge in [0.25, 0.3) is 5.91 Å². The van der Waals surface area contributed by atoms with E-state index in [4.69, 9.17) is 5.26 Å². The van der Waals surface area contributed by atoms with Gasteiger partial charge in [0, 0.05) is 6.54 Å².